The van der Waals surface area contributed by atoms with Gasteiger partial charge in [0.05, 0.1) is 6.61 Å². The van der Waals surface area contributed by atoms with E-state index in [1.807, 2.05) is 66.7 Å². The first-order valence-electron chi connectivity index (χ1n) is 10.9. The van der Waals surface area contributed by atoms with E-state index in [9.17, 15) is 4.79 Å². The number of ether oxygens (including phenoxy) is 1. The summed E-state index contributed by atoms with van der Waals surface area (Å²) in [4.78, 5) is 11.6. The lowest BCUT2D eigenvalue weighted by Gasteiger charge is -2.13. The van der Waals surface area contributed by atoms with Crippen molar-refractivity contribution in [2.45, 2.75) is 6.42 Å². The molecule has 0 spiro atoms. The van der Waals surface area contributed by atoms with Gasteiger partial charge in [0, 0.05) is 29.6 Å². The van der Waals surface area contributed by atoms with Gasteiger partial charge in [-0.05, 0) is 46.9 Å². The van der Waals surface area contributed by atoms with E-state index in [0.29, 0.717) is 18.7 Å². The summed E-state index contributed by atoms with van der Waals surface area (Å²) in [5.41, 5.74) is 5.24. The fraction of sp³-hybridized carbons (Fsp3) is 0.107. The SMILES string of the molecule is O=C(NO)c1ccc(C=C(CCOc2cccc3ccccc23)CNc2ccccc2)cc1. The van der Waals surface area contributed by atoms with Crippen molar-refractivity contribution < 1.29 is 14.7 Å². The Bertz CT molecular complexity index is 1230. The zero-order chi connectivity index (χ0) is 22.9. The van der Waals surface area contributed by atoms with Gasteiger partial charge in [-0.15, -0.1) is 0 Å². The number of benzene rings is 4. The summed E-state index contributed by atoms with van der Waals surface area (Å²) in [7, 11) is 0. The van der Waals surface area contributed by atoms with E-state index in [-0.39, 0.29) is 0 Å². The van der Waals surface area contributed by atoms with Crippen molar-refractivity contribution in [1.29, 1.82) is 0 Å². The van der Waals surface area contributed by atoms with Crippen molar-refractivity contribution in [3.05, 3.63) is 114 Å². The first-order chi connectivity index (χ1) is 16.2. The van der Waals surface area contributed by atoms with Gasteiger partial charge in [-0.2, -0.15) is 0 Å². The van der Waals surface area contributed by atoms with Crippen LogP contribution in [-0.2, 0) is 0 Å². The smallest absolute Gasteiger partial charge is 0.274 e. The number of nitrogens with one attached hydrogen (secondary N) is 2. The Hall–Kier alpha value is -4.09. The molecule has 0 fully saturated rings. The highest BCUT2D eigenvalue weighted by atomic mass is 16.5. The molecule has 0 aromatic heterocycles. The van der Waals surface area contributed by atoms with Gasteiger partial charge in [0.1, 0.15) is 5.75 Å². The Morgan fingerprint density at radius 2 is 1.58 bits per heavy atom. The average Bonchev–Trinajstić information content (AvgIpc) is 2.88. The van der Waals surface area contributed by atoms with Crippen LogP contribution >= 0.6 is 0 Å². The van der Waals surface area contributed by atoms with Crippen molar-refractivity contribution in [2.24, 2.45) is 0 Å². The van der Waals surface area contributed by atoms with Crippen LogP contribution in [-0.4, -0.2) is 24.3 Å². The van der Waals surface area contributed by atoms with Gasteiger partial charge in [0.25, 0.3) is 5.91 Å². The topological polar surface area (TPSA) is 70.6 Å². The van der Waals surface area contributed by atoms with E-state index in [2.05, 4.69) is 29.6 Å². The number of rotatable bonds is 9. The first-order valence-corrected chi connectivity index (χ1v) is 10.9. The third kappa shape index (κ3) is 5.99. The maximum absolute atomic E-state index is 11.6. The minimum Gasteiger partial charge on any atom is -0.493 e. The number of anilines is 1. The lowest BCUT2D eigenvalue weighted by atomic mass is 10.1. The molecule has 0 aliphatic heterocycles. The summed E-state index contributed by atoms with van der Waals surface area (Å²) in [6, 6.07) is 31.4. The fourth-order valence-electron chi connectivity index (χ4n) is 3.63. The summed E-state index contributed by atoms with van der Waals surface area (Å²) in [6.45, 7) is 1.21. The number of carbonyl (C=O) groups excluding carboxylic acids is 1. The van der Waals surface area contributed by atoms with Gasteiger partial charge in [0.2, 0.25) is 0 Å². The van der Waals surface area contributed by atoms with Crippen LogP contribution in [0.25, 0.3) is 16.8 Å². The second-order valence-electron chi connectivity index (χ2n) is 7.66. The lowest BCUT2D eigenvalue weighted by Crippen LogP contribution is -2.18. The van der Waals surface area contributed by atoms with Gasteiger partial charge in [-0.25, -0.2) is 5.48 Å². The van der Waals surface area contributed by atoms with Gasteiger partial charge in [-0.3, -0.25) is 10.0 Å². The molecule has 1 amide bonds. The molecule has 0 heterocycles. The van der Waals surface area contributed by atoms with E-state index in [1.165, 1.54) is 5.57 Å². The maximum atomic E-state index is 11.6. The molecule has 0 bridgehead atoms. The third-order valence-electron chi connectivity index (χ3n) is 5.37. The molecule has 0 aliphatic rings. The van der Waals surface area contributed by atoms with E-state index < -0.39 is 5.91 Å². The van der Waals surface area contributed by atoms with Gasteiger partial charge in [0.15, 0.2) is 0 Å². The Morgan fingerprint density at radius 1 is 0.848 bits per heavy atom. The quantitative estimate of drug-likeness (QED) is 0.224. The lowest BCUT2D eigenvalue weighted by molar-refractivity contribution is 0.0706. The van der Waals surface area contributed by atoms with Crippen molar-refractivity contribution >= 4 is 28.4 Å². The molecule has 0 atom stereocenters. The molecule has 3 N–H and O–H groups in total. The summed E-state index contributed by atoms with van der Waals surface area (Å²) < 4.78 is 6.16. The first kappa shape index (κ1) is 22.1. The second-order valence-corrected chi connectivity index (χ2v) is 7.66. The molecule has 0 saturated carbocycles. The molecule has 5 nitrogen and oxygen atoms in total. The minimum absolute atomic E-state index is 0.401. The van der Waals surface area contributed by atoms with Crippen molar-refractivity contribution in [3.8, 4) is 5.75 Å². The number of carbonyl (C=O) groups is 1. The van der Waals surface area contributed by atoms with Crippen LogP contribution in [0.2, 0.25) is 0 Å². The minimum atomic E-state index is -0.528. The Labute approximate surface area is 193 Å². The number of amides is 1. The molecule has 166 valence electrons. The van der Waals surface area contributed by atoms with E-state index in [0.717, 1.165) is 34.2 Å². The number of hydrogen-bond acceptors (Lipinski definition) is 4. The molecular formula is C28H26N2O3. The highest BCUT2D eigenvalue weighted by molar-refractivity contribution is 5.93. The Balaban J connectivity index is 1.48. The van der Waals surface area contributed by atoms with Gasteiger partial charge < -0.3 is 10.1 Å². The normalized spacial score (nSPS) is 11.2. The van der Waals surface area contributed by atoms with Crippen LogP contribution in [0.4, 0.5) is 5.69 Å². The molecule has 0 unspecified atom stereocenters. The van der Waals surface area contributed by atoms with E-state index in [1.54, 1.807) is 17.6 Å². The average molecular weight is 439 g/mol. The molecule has 0 aliphatic carbocycles. The highest BCUT2D eigenvalue weighted by Crippen LogP contribution is 2.25. The molecule has 33 heavy (non-hydrogen) atoms. The fourth-order valence-corrected chi connectivity index (χ4v) is 3.63. The summed E-state index contributed by atoms with van der Waals surface area (Å²) >= 11 is 0. The monoisotopic (exact) mass is 438 g/mol. The predicted molar refractivity (Wildman–Crippen MR) is 133 cm³/mol. The van der Waals surface area contributed by atoms with Crippen molar-refractivity contribution in [1.82, 2.24) is 5.48 Å². The zero-order valence-corrected chi connectivity index (χ0v) is 18.2. The standard InChI is InChI=1S/C28H26N2O3/c31-28(30-32)24-15-13-21(14-16-24)19-22(20-29-25-9-2-1-3-10-25)17-18-33-27-12-6-8-23-7-4-5-11-26(23)27/h1-16,19,29,32H,17-18,20H2,(H,30,31). The van der Waals surface area contributed by atoms with Crippen LogP contribution in [0.15, 0.2) is 103 Å². The van der Waals surface area contributed by atoms with Crippen LogP contribution in [0, 0.1) is 0 Å². The van der Waals surface area contributed by atoms with Crippen LogP contribution < -0.4 is 15.5 Å². The van der Waals surface area contributed by atoms with Crippen LogP contribution in [0.1, 0.15) is 22.3 Å². The molecule has 0 radical (unpaired) electrons. The zero-order valence-electron chi connectivity index (χ0n) is 18.2. The number of para-hydroxylation sites is 1. The molecule has 4 rings (SSSR count). The predicted octanol–water partition coefficient (Wildman–Crippen LogP) is 5.92. The Kier molecular flexibility index (Phi) is 7.36. The Morgan fingerprint density at radius 3 is 2.36 bits per heavy atom. The number of hydrogen-bond donors (Lipinski definition) is 3. The van der Waals surface area contributed by atoms with Gasteiger partial charge in [-0.1, -0.05) is 72.8 Å². The number of fused-ring (bicyclic) bond motifs is 1. The third-order valence-corrected chi connectivity index (χ3v) is 5.37. The van der Waals surface area contributed by atoms with Gasteiger partial charge >= 0.3 is 0 Å². The molecule has 0 saturated heterocycles. The van der Waals surface area contributed by atoms with E-state index >= 15 is 0 Å². The summed E-state index contributed by atoms with van der Waals surface area (Å²) in [5, 5.41) is 14.5. The highest BCUT2D eigenvalue weighted by Gasteiger charge is 2.06. The molecule has 4 aromatic carbocycles. The second kappa shape index (κ2) is 11.0. The largest absolute Gasteiger partial charge is 0.493 e. The number of hydroxylamine groups is 1. The molecule has 5 heteroatoms. The summed E-state index contributed by atoms with van der Waals surface area (Å²) in [6.07, 6.45) is 2.84. The molecular weight excluding hydrogens is 412 g/mol. The van der Waals surface area contributed by atoms with Crippen LogP contribution in [0.5, 0.6) is 5.75 Å². The maximum Gasteiger partial charge on any atom is 0.274 e. The van der Waals surface area contributed by atoms with Crippen molar-refractivity contribution in [3.63, 3.8) is 0 Å². The van der Waals surface area contributed by atoms with Crippen LogP contribution in [0.3, 0.4) is 0 Å². The summed E-state index contributed by atoms with van der Waals surface area (Å²) in [5.74, 6) is 0.350. The van der Waals surface area contributed by atoms with E-state index in [4.69, 9.17) is 9.94 Å². The molecule has 4 aromatic rings. The van der Waals surface area contributed by atoms with Crippen molar-refractivity contribution in [2.75, 3.05) is 18.5 Å².